The fourth-order valence-electron chi connectivity index (χ4n) is 1.23. The van der Waals surface area contributed by atoms with Gasteiger partial charge in [-0.3, -0.25) is 0 Å². The highest BCUT2D eigenvalue weighted by Crippen LogP contribution is 2.21. The van der Waals surface area contributed by atoms with Crippen LogP contribution in [0.1, 0.15) is 13.8 Å². The van der Waals surface area contributed by atoms with E-state index in [0.29, 0.717) is 16.0 Å². The van der Waals surface area contributed by atoms with Crippen molar-refractivity contribution in [2.24, 2.45) is 0 Å². The van der Waals surface area contributed by atoms with Crippen molar-refractivity contribution >= 4 is 35.1 Å². The van der Waals surface area contributed by atoms with E-state index in [9.17, 15) is 4.79 Å². The molecule has 19 heavy (non-hydrogen) atoms. The van der Waals surface area contributed by atoms with Crippen LogP contribution in [0.4, 0.5) is 0 Å². The normalized spacial score (nSPS) is 11.4. The maximum absolute atomic E-state index is 11.3. The first-order valence-electron chi connectivity index (χ1n) is 5.46. The Bertz CT molecular complexity index is 605. The van der Waals surface area contributed by atoms with Gasteiger partial charge in [0.2, 0.25) is 5.82 Å². The van der Waals surface area contributed by atoms with Crippen molar-refractivity contribution in [1.29, 1.82) is 0 Å². The fraction of sp³-hybridized carbons (Fsp3) is 0.273. The number of aromatic nitrogens is 4. The van der Waals surface area contributed by atoms with Gasteiger partial charge in [0.25, 0.3) is 0 Å². The Morgan fingerprint density at radius 3 is 3.00 bits per heavy atom. The zero-order chi connectivity index (χ0) is 13.8. The number of rotatable bonds is 4. The van der Waals surface area contributed by atoms with Crippen LogP contribution >= 0.6 is 22.9 Å². The quantitative estimate of drug-likeness (QED) is 0.640. The van der Waals surface area contributed by atoms with Crippen LogP contribution in [0, 0.1) is 0 Å². The van der Waals surface area contributed by atoms with E-state index in [1.165, 1.54) is 34.6 Å². The molecule has 0 aromatic carbocycles. The highest BCUT2D eigenvalue weighted by atomic mass is 35.5. The Morgan fingerprint density at radius 2 is 2.37 bits per heavy atom. The number of halogens is 1. The highest BCUT2D eigenvalue weighted by Gasteiger charge is 2.07. The van der Waals surface area contributed by atoms with Crippen molar-refractivity contribution in [2.75, 3.05) is 0 Å². The third-order valence-electron chi connectivity index (χ3n) is 1.93. The van der Waals surface area contributed by atoms with Crippen LogP contribution in [-0.2, 0) is 9.53 Å². The second kappa shape index (κ2) is 5.94. The lowest BCUT2D eigenvalue weighted by atomic mass is 10.5. The molecule has 0 radical (unpaired) electrons. The average Bonchev–Trinajstić information content (AvgIpc) is 2.94. The summed E-state index contributed by atoms with van der Waals surface area (Å²) in [6.45, 7) is 3.57. The first-order chi connectivity index (χ1) is 9.04. The number of carbonyl (C=O) groups excluding carboxylic acids is 1. The van der Waals surface area contributed by atoms with Crippen molar-refractivity contribution in [1.82, 2.24) is 19.7 Å². The Morgan fingerprint density at radius 1 is 1.58 bits per heavy atom. The highest BCUT2D eigenvalue weighted by molar-refractivity contribution is 7.14. The Kier molecular flexibility index (Phi) is 4.28. The van der Waals surface area contributed by atoms with Crippen molar-refractivity contribution < 1.29 is 9.53 Å². The zero-order valence-electron chi connectivity index (χ0n) is 10.3. The molecule has 0 aliphatic rings. The lowest BCUT2D eigenvalue weighted by molar-refractivity contribution is -0.141. The summed E-state index contributed by atoms with van der Waals surface area (Å²) in [5.41, 5.74) is 0.604. The van der Waals surface area contributed by atoms with E-state index in [1.54, 1.807) is 19.2 Å². The van der Waals surface area contributed by atoms with E-state index in [4.69, 9.17) is 16.3 Å². The van der Waals surface area contributed by atoms with Gasteiger partial charge in [-0.25, -0.2) is 19.4 Å². The third-order valence-corrected chi connectivity index (χ3v) is 2.91. The van der Waals surface area contributed by atoms with Gasteiger partial charge in [0, 0.05) is 17.7 Å². The second-order valence-corrected chi connectivity index (χ2v) is 5.28. The average molecular weight is 299 g/mol. The lowest BCUT2D eigenvalue weighted by Gasteiger charge is -2.03. The van der Waals surface area contributed by atoms with Crippen molar-refractivity contribution in [3.63, 3.8) is 0 Å². The zero-order valence-corrected chi connectivity index (χ0v) is 11.9. The summed E-state index contributed by atoms with van der Waals surface area (Å²) in [5, 5.41) is 5.90. The van der Waals surface area contributed by atoms with Crippen LogP contribution in [0.2, 0.25) is 4.47 Å². The van der Waals surface area contributed by atoms with Crippen LogP contribution in [0.3, 0.4) is 0 Å². The molecular weight excluding hydrogens is 288 g/mol. The number of carbonyl (C=O) groups is 1. The number of nitrogens with zero attached hydrogens (tertiary/aromatic N) is 4. The topological polar surface area (TPSA) is 69.9 Å². The minimum atomic E-state index is -0.427. The van der Waals surface area contributed by atoms with E-state index in [1.807, 2.05) is 0 Å². The number of hydrogen-bond acceptors (Lipinski definition) is 6. The molecule has 0 spiro atoms. The molecule has 2 aromatic heterocycles. The van der Waals surface area contributed by atoms with E-state index in [-0.39, 0.29) is 6.10 Å². The molecule has 100 valence electrons. The molecule has 0 aliphatic heterocycles. The Balaban J connectivity index is 2.05. The number of thiazole rings is 1. The van der Waals surface area contributed by atoms with Gasteiger partial charge in [0.1, 0.15) is 12.0 Å². The van der Waals surface area contributed by atoms with Gasteiger partial charge in [-0.1, -0.05) is 11.6 Å². The predicted molar refractivity (Wildman–Crippen MR) is 72.7 cm³/mol. The van der Waals surface area contributed by atoms with Crippen LogP contribution in [-0.4, -0.2) is 31.8 Å². The Labute approximate surface area is 118 Å². The van der Waals surface area contributed by atoms with Gasteiger partial charge in [-0.05, 0) is 13.8 Å². The molecule has 0 saturated heterocycles. The summed E-state index contributed by atoms with van der Waals surface area (Å²) in [6, 6.07) is 0. The first-order valence-corrected chi connectivity index (χ1v) is 6.71. The number of hydrogen-bond donors (Lipinski definition) is 0. The van der Waals surface area contributed by atoms with Crippen LogP contribution in [0.15, 0.2) is 17.8 Å². The van der Waals surface area contributed by atoms with Gasteiger partial charge >= 0.3 is 5.97 Å². The molecule has 2 aromatic rings. The minimum absolute atomic E-state index is 0.152. The molecule has 0 unspecified atom stereocenters. The molecule has 0 fully saturated rings. The molecule has 2 rings (SSSR count). The smallest absolute Gasteiger partial charge is 0.332 e. The minimum Gasteiger partial charge on any atom is -0.460 e. The van der Waals surface area contributed by atoms with Crippen molar-refractivity contribution in [3.05, 3.63) is 22.3 Å². The van der Waals surface area contributed by atoms with E-state index >= 15 is 0 Å². The van der Waals surface area contributed by atoms with Crippen LogP contribution < -0.4 is 0 Å². The summed E-state index contributed by atoms with van der Waals surface area (Å²) in [5.74, 6) is 0.0220. The number of esters is 1. The summed E-state index contributed by atoms with van der Waals surface area (Å²) < 4.78 is 6.79. The van der Waals surface area contributed by atoms with Gasteiger partial charge in [0.15, 0.2) is 4.47 Å². The predicted octanol–water partition coefficient (Wildman–Crippen LogP) is 2.48. The first kappa shape index (κ1) is 13.7. The summed E-state index contributed by atoms with van der Waals surface area (Å²) in [6.07, 6.45) is 4.07. The lowest BCUT2D eigenvalue weighted by Crippen LogP contribution is -2.08. The molecule has 0 saturated carbocycles. The third kappa shape index (κ3) is 3.87. The largest absolute Gasteiger partial charge is 0.460 e. The summed E-state index contributed by atoms with van der Waals surface area (Å²) in [4.78, 5) is 19.4. The molecule has 0 amide bonds. The van der Waals surface area contributed by atoms with Gasteiger partial charge < -0.3 is 4.74 Å². The monoisotopic (exact) mass is 298 g/mol. The molecule has 0 atom stereocenters. The molecule has 0 N–H and O–H groups in total. The van der Waals surface area contributed by atoms with E-state index in [0.717, 1.165) is 0 Å². The van der Waals surface area contributed by atoms with E-state index in [2.05, 4.69) is 15.1 Å². The summed E-state index contributed by atoms with van der Waals surface area (Å²) >= 11 is 7.04. The Hall–Kier alpha value is -1.73. The number of ether oxygens (including phenoxy) is 1. The van der Waals surface area contributed by atoms with Gasteiger partial charge in [-0.15, -0.1) is 16.4 Å². The molecular formula is C11H11ClN4O2S. The standard InChI is InChI=1S/C11H11ClN4O2S/c1-7(2)18-9(17)3-4-16-6-13-10(15-16)8-5-19-11(12)14-8/h3-7H,1-2H3/b4-3-. The SMILES string of the molecule is CC(C)OC(=O)/C=C\n1cnc(-c2csc(Cl)n2)n1. The molecule has 0 bridgehead atoms. The van der Waals surface area contributed by atoms with E-state index < -0.39 is 5.97 Å². The molecule has 8 heteroatoms. The van der Waals surface area contributed by atoms with Crippen LogP contribution in [0.5, 0.6) is 0 Å². The van der Waals surface area contributed by atoms with Crippen molar-refractivity contribution in [3.8, 4) is 11.5 Å². The van der Waals surface area contributed by atoms with Crippen LogP contribution in [0.25, 0.3) is 17.7 Å². The maximum atomic E-state index is 11.3. The van der Waals surface area contributed by atoms with Crippen molar-refractivity contribution in [2.45, 2.75) is 20.0 Å². The van der Waals surface area contributed by atoms with Gasteiger partial charge in [-0.2, -0.15) is 0 Å². The fourth-order valence-corrected chi connectivity index (χ4v) is 1.97. The molecule has 6 nitrogen and oxygen atoms in total. The van der Waals surface area contributed by atoms with Gasteiger partial charge in [0.05, 0.1) is 6.10 Å². The summed E-state index contributed by atoms with van der Waals surface area (Å²) in [7, 11) is 0. The second-order valence-electron chi connectivity index (χ2n) is 3.84. The molecule has 2 heterocycles. The molecule has 0 aliphatic carbocycles. The maximum Gasteiger partial charge on any atom is 0.332 e.